The van der Waals surface area contributed by atoms with Crippen LogP contribution in [0.2, 0.25) is 0 Å². The first-order valence-corrected chi connectivity index (χ1v) is 5.90. The molecular formula is C10H8Br2O2. The molecule has 74 valence electrons. The summed E-state index contributed by atoms with van der Waals surface area (Å²) in [7, 11) is 0. The molecule has 0 aliphatic heterocycles. The fourth-order valence-corrected chi connectivity index (χ4v) is 2.48. The summed E-state index contributed by atoms with van der Waals surface area (Å²) in [6.45, 7) is 0. The second kappa shape index (κ2) is 3.66. The van der Waals surface area contributed by atoms with Crippen molar-refractivity contribution in [2.75, 3.05) is 0 Å². The van der Waals surface area contributed by atoms with Crippen LogP contribution in [0.5, 0.6) is 5.75 Å². The maximum absolute atomic E-state index is 11.7. The average molecular weight is 320 g/mol. The number of carbonyl (C=O) groups excluding carboxylic acids is 1. The number of hydrogen-bond acceptors (Lipinski definition) is 2. The van der Waals surface area contributed by atoms with Gasteiger partial charge in [-0.15, -0.1) is 0 Å². The molecule has 1 aromatic rings. The summed E-state index contributed by atoms with van der Waals surface area (Å²) in [6, 6.07) is 3.33. The second-order valence-corrected chi connectivity index (χ2v) is 5.14. The molecule has 0 bridgehead atoms. The van der Waals surface area contributed by atoms with E-state index in [2.05, 4.69) is 31.9 Å². The smallest absolute Gasteiger partial charge is 0.166 e. The van der Waals surface area contributed by atoms with Crippen molar-refractivity contribution in [3.63, 3.8) is 0 Å². The topological polar surface area (TPSA) is 37.3 Å². The second-order valence-electron chi connectivity index (χ2n) is 3.43. The largest absolute Gasteiger partial charge is 0.506 e. The molecule has 1 fully saturated rings. The molecular weight excluding hydrogens is 312 g/mol. The van der Waals surface area contributed by atoms with Gasteiger partial charge in [0.05, 0.1) is 8.95 Å². The fraction of sp³-hybridized carbons (Fsp3) is 0.300. The Morgan fingerprint density at radius 2 is 1.79 bits per heavy atom. The molecule has 1 saturated carbocycles. The van der Waals surface area contributed by atoms with Gasteiger partial charge < -0.3 is 5.11 Å². The first-order valence-electron chi connectivity index (χ1n) is 4.32. The lowest BCUT2D eigenvalue weighted by molar-refractivity contribution is 0.0967. The molecule has 1 N–H and O–H groups in total. The quantitative estimate of drug-likeness (QED) is 0.847. The average Bonchev–Trinajstić information content (AvgIpc) is 2.95. The molecule has 4 heteroatoms. The fourth-order valence-electron chi connectivity index (χ4n) is 1.29. The molecule has 1 aliphatic carbocycles. The molecule has 0 saturated heterocycles. The monoisotopic (exact) mass is 318 g/mol. The molecule has 0 spiro atoms. The Labute approximate surface area is 98.6 Å². The predicted octanol–water partition coefficient (Wildman–Crippen LogP) is 3.51. The highest BCUT2D eigenvalue weighted by molar-refractivity contribution is 9.11. The predicted molar refractivity (Wildman–Crippen MR) is 60.6 cm³/mol. The molecule has 0 radical (unpaired) electrons. The van der Waals surface area contributed by atoms with Crippen molar-refractivity contribution >= 4 is 37.6 Å². The van der Waals surface area contributed by atoms with Crippen LogP contribution >= 0.6 is 31.9 Å². The van der Waals surface area contributed by atoms with Crippen molar-refractivity contribution in [1.29, 1.82) is 0 Å². The number of phenolic OH excluding ortho intramolecular Hbond substituents is 1. The summed E-state index contributed by atoms with van der Waals surface area (Å²) >= 11 is 6.40. The Morgan fingerprint density at radius 3 is 2.21 bits per heavy atom. The first-order chi connectivity index (χ1) is 6.59. The molecule has 2 rings (SSSR count). The van der Waals surface area contributed by atoms with Crippen LogP contribution in [0.4, 0.5) is 0 Å². The standard InChI is InChI=1S/C10H8Br2O2/c11-7-3-6(4-8(12)10(7)14)9(13)5-1-2-5/h3-5,14H,1-2H2. The van der Waals surface area contributed by atoms with Crippen LogP contribution in [0.3, 0.4) is 0 Å². The number of Topliss-reactive ketones (excluding diaryl/α,β-unsaturated/α-hetero) is 1. The van der Waals surface area contributed by atoms with E-state index in [4.69, 9.17) is 0 Å². The number of ketones is 1. The Morgan fingerprint density at radius 1 is 1.29 bits per heavy atom. The maximum Gasteiger partial charge on any atom is 0.166 e. The summed E-state index contributed by atoms with van der Waals surface area (Å²) in [5.41, 5.74) is 0.657. The van der Waals surface area contributed by atoms with E-state index in [-0.39, 0.29) is 17.5 Å². The van der Waals surface area contributed by atoms with E-state index < -0.39 is 0 Å². The number of carbonyl (C=O) groups is 1. The number of rotatable bonds is 2. The highest BCUT2D eigenvalue weighted by atomic mass is 79.9. The van der Waals surface area contributed by atoms with E-state index in [0.29, 0.717) is 14.5 Å². The van der Waals surface area contributed by atoms with Gasteiger partial charge in [-0.2, -0.15) is 0 Å². The van der Waals surface area contributed by atoms with Gasteiger partial charge in [-0.05, 0) is 56.8 Å². The Hall–Kier alpha value is -0.350. The Kier molecular flexibility index (Phi) is 2.66. The highest BCUT2D eigenvalue weighted by Crippen LogP contribution is 2.37. The molecule has 0 unspecified atom stereocenters. The summed E-state index contributed by atoms with van der Waals surface area (Å²) in [5.74, 6) is 0.516. The van der Waals surface area contributed by atoms with Crippen molar-refractivity contribution < 1.29 is 9.90 Å². The van der Waals surface area contributed by atoms with Crippen LogP contribution in [0.1, 0.15) is 23.2 Å². The van der Waals surface area contributed by atoms with Gasteiger partial charge in [0.25, 0.3) is 0 Å². The number of halogens is 2. The zero-order valence-corrected chi connectivity index (χ0v) is 10.4. The van der Waals surface area contributed by atoms with E-state index in [1.807, 2.05) is 0 Å². The summed E-state index contributed by atoms with van der Waals surface area (Å²) in [5, 5.41) is 9.46. The molecule has 1 aromatic carbocycles. The first kappa shape index (κ1) is 10.2. The minimum absolute atomic E-state index is 0.136. The normalized spacial score (nSPS) is 15.6. The van der Waals surface area contributed by atoms with Crippen LogP contribution in [0.25, 0.3) is 0 Å². The third-order valence-electron chi connectivity index (χ3n) is 2.25. The third kappa shape index (κ3) is 1.86. The van der Waals surface area contributed by atoms with Crippen LogP contribution in [0.15, 0.2) is 21.1 Å². The summed E-state index contributed by atoms with van der Waals surface area (Å²) in [4.78, 5) is 11.7. The minimum atomic E-state index is 0.136. The van der Waals surface area contributed by atoms with Crippen LogP contribution in [-0.2, 0) is 0 Å². The van der Waals surface area contributed by atoms with Gasteiger partial charge in [0.15, 0.2) is 5.78 Å². The van der Waals surface area contributed by atoms with E-state index in [0.717, 1.165) is 12.8 Å². The van der Waals surface area contributed by atoms with Crippen LogP contribution in [0, 0.1) is 5.92 Å². The van der Waals surface area contributed by atoms with Crippen molar-refractivity contribution in [1.82, 2.24) is 0 Å². The number of benzene rings is 1. The van der Waals surface area contributed by atoms with Gasteiger partial charge in [-0.3, -0.25) is 4.79 Å². The minimum Gasteiger partial charge on any atom is -0.506 e. The molecule has 1 aliphatic rings. The van der Waals surface area contributed by atoms with E-state index in [9.17, 15) is 9.90 Å². The Bertz CT molecular complexity index is 374. The van der Waals surface area contributed by atoms with Crippen LogP contribution in [-0.4, -0.2) is 10.9 Å². The van der Waals surface area contributed by atoms with Crippen molar-refractivity contribution in [3.8, 4) is 5.75 Å². The molecule has 0 atom stereocenters. The van der Waals surface area contributed by atoms with Gasteiger partial charge in [0.1, 0.15) is 5.75 Å². The highest BCUT2D eigenvalue weighted by Gasteiger charge is 2.30. The SMILES string of the molecule is O=C(c1cc(Br)c(O)c(Br)c1)C1CC1. The van der Waals surface area contributed by atoms with Crippen molar-refractivity contribution in [3.05, 3.63) is 26.6 Å². The molecule has 0 heterocycles. The van der Waals surface area contributed by atoms with Gasteiger partial charge in [-0.25, -0.2) is 0 Å². The van der Waals surface area contributed by atoms with Gasteiger partial charge in [-0.1, -0.05) is 0 Å². The van der Waals surface area contributed by atoms with Crippen molar-refractivity contribution in [2.24, 2.45) is 5.92 Å². The third-order valence-corrected chi connectivity index (χ3v) is 3.46. The lowest BCUT2D eigenvalue weighted by Crippen LogP contribution is -2.01. The number of phenols is 1. The zero-order valence-electron chi connectivity index (χ0n) is 7.26. The summed E-state index contributed by atoms with van der Waals surface area (Å²) < 4.78 is 1.10. The van der Waals surface area contributed by atoms with Gasteiger partial charge >= 0.3 is 0 Å². The number of aromatic hydroxyl groups is 1. The maximum atomic E-state index is 11.7. The van der Waals surface area contributed by atoms with E-state index >= 15 is 0 Å². The van der Waals surface area contributed by atoms with E-state index in [1.54, 1.807) is 12.1 Å². The molecule has 2 nitrogen and oxygen atoms in total. The number of hydrogen-bond donors (Lipinski definition) is 1. The zero-order chi connectivity index (χ0) is 10.3. The van der Waals surface area contributed by atoms with Crippen molar-refractivity contribution in [2.45, 2.75) is 12.8 Å². The summed E-state index contributed by atoms with van der Waals surface area (Å²) in [6.07, 6.45) is 1.99. The van der Waals surface area contributed by atoms with Gasteiger partial charge in [0, 0.05) is 11.5 Å². The van der Waals surface area contributed by atoms with E-state index in [1.165, 1.54) is 0 Å². The van der Waals surface area contributed by atoms with Gasteiger partial charge in [0.2, 0.25) is 0 Å². The Balaban J connectivity index is 2.39. The molecule has 0 amide bonds. The molecule has 0 aromatic heterocycles. The lowest BCUT2D eigenvalue weighted by atomic mass is 10.1. The molecule has 14 heavy (non-hydrogen) atoms. The lowest BCUT2D eigenvalue weighted by Gasteiger charge is -2.04. The van der Waals surface area contributed by atoms with Crippen LogP contribution < -0.4 is 0 Å².